The second-order valence-electron chi connectivity index (χ2n) is 9.52. The van der Waals surface area contributed by atoms with Gasteiger partial charge in [-0.05, 0) is 60.2 Å². The quantitative estimate of drug-likeness (QED) is 0.396. The van der Waals surface area contributed by atoms with Gasteiger partial charge in [-0.15, -0.1) is 0 Å². The van der Waals surface area contributed by atoms with Gasteiger partial charge in [-0.25, -0.2) is 4.39 Å². The highest BCUT2D eigenvalue weighted by Gasteiger charge is 2.41. The molecule has 36 heavy (non-hydrogen) atoms. The monoisotopic (exact) mass is 483 g/mol. The van der Waals surface area contributed by atoms with Crippen LogP contribution in [0.3, 0.4) is 0 Å². The Balaban J connectivity index is 1.64. The van der Waals surface area contributed by atoms with Gasteiger partial charge in [-0.3, -0.25) is 19.5 Å². The van der Waals surface area contributed by atoms with Crippen molar-refractivity contribution in [3.8, 4) is 0 Å². The first kappa shape index (κ1) is 23.9. The smallest absolute Gasteiger partial charge is 0.227 e. The summed E-state index contributed by atoms with van der Waals surface area (Å²) in [4.78, 5) is 33.8. The number of unbranched alkanes of at least 4 members (excludes halogenated alkanes) is 2. The van der Waals surface area contributed by atoms with Gasteiger partial charge in [0.15, 0.2) is 5.78 Å². The van der Waals surface area contributed by atoms with Gasteiger partial charge in [0.2, 0.25) is 5.91 Å². The van der Waals surface area contributed by atoms with Gasteiger partial charge in [-0.2, -0.15) is 0 Å². The van der Waals surface area contributed by atoms with Crippen LogP contribution in [0.4, 0.5) is 15.8 Å². The van der Waals surface area contributed by atoms with Crippen LogP contribution in [0.1, 0.15) is 68.5 Å². The van der Waals surface area contributed by atoms with Crippen LogP contribution in [0.25, 0.3) is 0 Å². The Morgan fingerprint density at radius 2 is 1.83 bits per heavy atom. The van der Waals surface area contributed by atoms with E-state index in [9.17, 15) is 14.0 Å². The van der Waals surface area contributed by atoms with E-state index in [4.69, 9.17) is 0 Å². The Morgan fingerprint density at radius 1 is 1.03 bits per heavy atom. The lowest BCUT2D eigenvalue weighted by atomic mass is 9.78. The minimum atomic E-state index is -0.569. The van der Waals surface area contributed by atoms with Crippen molar-refractivity contribution in [1.82, 2.24) is 4.98 Å². The van der Waals surface area contributed by atoms with E-state index in [-0.39, 0.29) is 23.4 Å². The number of fused-ring (bicyclic) bond motifs is 1. The fourth-order valence-electron chi connectivity index (χ4n) is 5.34. The van der Waals surface area contributed by atoms with Crippen molar-refractivity contribution >= 4 is 23.1 Å². The average molecular weight is 484 g/mol. The molecule has 0 radical (unpaired) electrons. The van der Waals surface area contributed by atoms with Crippen LogP contribution in [0.2, 0.25) is 0 Å². The van der Waals surface area contributed by atoms with Gasteiger partial charge < -0.3 is 5.32 Å². The van der Waals surface area contributed by atoms with E-state index in [0.717, 1.165) is 47.5 Å². The SMILES string of the molecule is CCCCCC(=O)N1c2ccccc2NC2=C(C(=O)C[C@H](c3ccc(F)cc3)C2)[C@@H]1c1cccnc1. The number of amides is 1. The van der Waals surface area contributed by atoms with E-state index in [1.807, 2.05) is 36.4 Å². The number of carbonyl (C=O) groups excluding carboxylic acids is 2. The second-order valence-corrected chi connectivity index (χ2v) is 9.52. The van der Waals surface area contributed by atoms with E-state index in [1.54, 1.807) is 29.4 Å². The Morgan fingerprint density at radius 3 is 2.58 bits per heavy atom. The lowest BCUT2D eigenvalue weighted by molar-refractivity contribution is -0.119. The summed E-state index contributed by atoms with van der Waals surface area (Å²) in [5.74, 6) is -0.381. The van der Waals surface area contributed by atoms with Crippen LogP contribution >= 0.6 is 0 Å². The third-order valence-corrected chi connectivity index (χ3v) is 7.09. The van der Waals surface area contributed by atoms with Crippen LogP contribution in [0.15, 0.2) is 84.3 Å². The molecule has 2 atom stereocenters. The van der Waals surface area contributed by atoms with Gasteiger partial charge in [0.1, 0.15) is 5.82 Å². The number of pyridine rings is 1. The van der Waals surface area contributed by atoms with Gasteiger partial charge in [0.05, 0.1) is 17.4 Å². The number of allylic oxidation sites excluding steroid dienone is 1. The number of aromatic nitrogens is 1. The minimum absolute atomic E-state index is 0.00578. The van der Waals surface area contributed by atoms with E-state index in [0.29, 0.717) is 24.8 Å². The molecule has 0 saturated carbocycles. The summed E-state index contributed by atoms with van der Waals surface area (Å²) in [5, 5.41) is 3.53. The molecule has 184 valence electrons. The molecule has 1 aliphatic carbocycles. The maximum Gasteiger partial charge on any atom is 0.227 e. The van der Waals surface area contributed by atoms with Crippen molar-refractivity contribution in [1.29, 1.82) is 0 Å². The number of nitrogens with zero attached hydrogens (tertiary/aromatic N) is 2. The van der Waals surface area contributed by atoms with Crippen LogP contribution in [0, 0.1) is 5.82 Å². The van der Waals surface area contributed by atoms with Gasteiger partial charge in [-0.1, -0.05) is 50.1 Å². The maximum atomic E-state index is 13.9. The standard InChI is InChI=1S/C30H30FN3O2/c1-2-3-4-11-28(36)34-26-10-6-5-9-24(26)33-25-17-22(20-12-14-23(31)15-13-20)18-27(35)29(25)30(34)21-8-7-16-32-19-21/h5-10,12-16,19,22,30,33H,2-4,11,17-18H2,1H3/t22-,30+/m1/s1. The summed E-state index contributed by atoms with van der Waals surface area (Å²) < 4.78 is 13.6. The molecule has 0 unspecified atom stereocenters. The molecular weight excluding hydrogens is 453 g/mol. The van der Waals surface area contributed by atoms with Crippen LogP contribution in [-0.2, 0) is 9.59 Å². The number of para-hydroxylation sites is 2. The second kappa shape index (κ2) is 10.4. The van der Waals surface area contributed by atoms with Gasteiger partial charge in [0.25, 0.3) is 0 Å². The highest BCUT2D eigenvalue weighted by Crippen LogP contribution is 2.47. The maximum absolute atomic E-state index is 13.9. The minimum Gasteiger partial charge on any atom is -0.357 e. The molecule has 1 amide bonds. The van der Waals surface area contributed by atoms with Crippen LogP contribution in [-0.4, -0.2) is 16.7 Å². The summed E-state index contributed by atoms with van der Waals surface area (Å²) in [6.07, 6.45) is 7.55. The van der Waals surface area contributed by atoms with Crippen molar-refractivity contribution < 1.29 is 14.0 Å². The zero-order valence-electron chi connectivity index (χ0n) is 20.4. The molecule has 5 nitrogen and oxygen atoms in total. The predicted molar refractivity (Wildman–Crippen MR) is 139 cm³/mol. The summed E-state index contributed by atoms with van der Waals surface area (Å²) in [6, 6.07) is 17.3. The predicted octanol–water partition coefficient (Wildman–Crippen LogP) is 6.70. The molecule has 1 N–H and O–H groups in total. The summed E-state index contributed by atoms with van der Waals surface area (Å²) in [5.41, 5.74) is 4.72. The number of benzene rings is 2. The molecule has 0 spiro atoms. The van der Waals surface area contributed by atoms with Crippen molar-refractivity contribution in [2.24, 2.45) is 0 Å². The molecule has 3 aromatic rings. The first-order valence-electron chi connectivity index (χ1n) is 12.7. The molecule has 1 aliphatic heterocycles. The van der Waals surface area contributed by atoms with E-state index in [1.165, 1.54) is 12.1 Å². The summed E-state index contributed by atoms with van der Waals surface area (Å²) in [6.45, 7) is 2.11. The van der Waals surface area contributed by atoms with Crippen molar-refractivity contribution in [3.63, 3.8) is 0 Å². The fraction of sp³-hybridized carbons (Fsp3) is 0.300. The van der Waals surface area contributed by atoms with Crippen molar-refractivity contribution in [3.05, 3.63) is 101 Å². The Labute approximate surface area is 211 Å². The first-order valence-corrected chi connectivity index (χ1v) is 12.7. The average Bonchev–Trinajstić information content (AvgIpc) is 3.04. The zero-order chi connectivity index (χ0) is 25.1. The zero-order valence-corrected chi connectivity index (χ0v) is 20.4. The lowest BCUT2D eigenvalue weighted by Gasteiger charge is -2.35. The number of hydrogen-bond donors (Lipinski definition) is 1. The van der Waals surface area contributed by atoms with Crippen molar-refractivity contribution in [2.45, 2.75) is 57.4 Å². The number of anilines is 2. The van der Waals surface area contributed by atoms with Gasteiger partial charge >= 0.3 is 0 Å². The van der Waals surface area contributed by atoms with E-state index < -0.39 is 6.04 Å². The molecule has 2 aromatic carbocycles. The van der Waals surface area contributed by atoms with Crippen LogP contribution in [0.5, 0.6) is 0 Å². The number of rotatable bonds is 6. The molecule has 2 heterocycles. The highest BCUT2D eigenvalue weighted by atomic mass is 19.1. The largest absolute Gasteiger partial charge is 0.357 e. The van der Waals surface area contributed by atoms with Crippen molar-refractivity contribution in [2.75, 3.05) is 10.2 Å². The molecule has 0 bridgehead atoms. The van der Waals surface area contributed by atoms with Crippen LogP contribution < -0.4 is 10.2 Å². The topological polar surface area (TPSA) is 62.3 Å². The summed E-state index contributed by atoms with van der Waals surface area (Å²) >= 11 is 0. The van der Waals surface area contributed by atoms with E-state index >= 15 is 0 Å². The number of Topliss-reactive ketones (excluding diaryl/α,β-unsaturated/α-hetero) is 1. The number of hydrogen-bond acceptors (Lipinski definition) is 4. The Bertz CT molecular complexity index is 1290. The third kappa shape index (κ3) is 4.68. The number of nitrogens with one attached hydrogen (secondary N) is 1. The molecule has 0 fully saturated rings. The Kier molecular flexibility index (Phi) is 6.94. The molecule has 0 saturated heterocycles. The molecule has 6 heteroatoms. The normalized spacial score (nSPS) is 19.3. The molecule has 5 rings (SSSR count). The molecule has 2 aliphatic rings. The highest BCUT2D eigenvalue weighted by molar-refractivity contribution is 6.06. The fourth-order valence-corrected chi connectivity index (χ4v) is 5.34. The lowest BCUT2D eigenvalue weighted by Crippen LogP contribution is -2.38. The first-order chi connectivity index (χ1) is 17.6. The number of carbonyl (C=O) groups is 2. The summed E-state index contributed by atoms with van der Waals surface area (Å²) in [7, 11) is 0. The molecule has 1 aromatic heterocycles. The number of ketones is 1. The number of halogens is 1. The third-order valence-electron chi connectivity index (χ3n) is 7.09. The van der Waals surface area contributed by atoms with Gasteiger partial charge in [0, 0.05) is 36.5 Å². The Hall–Kier alpha value is -3.80. The van der Waals surface area contributed by atoms with E-state index in [2.05, 4.69) is 17.2 Å². The molecular formula is C30H30FN3O2.